The van der Waals surface area contributed by atoms with Crippen molar-refractivity contribution >= 4 is 11.7 Å². The number of anilines is 1. The van der Waals surface area contributed by atoms with E-state index in [4.69, 9.17) is 0 Å². The van der Waals surface area contributed by atoms with Crippen LogP contribution in [0.25, 0.3) is 0 Å². The van der Waals surface area contributed by atoms with E-state index in [0.717, 1.165) is 50.3 Å². The van der Waals surface area contributed by atoms with Crippen molar-refractivity contribution in [1.82, 2.24) is 15.1 Å². The Labute approximate surface area is 167 Å². The number of hydrogen-bond acceptors (Lipinski definition) is 3. The summed E-state index contributed by atoms with van der Waals surface area (Å²) >= 11 is 0. The smallest absolute Gasteiger partial charge is 0.251 e. The number of benzene rings is 1. The van der Waals surface area contributed by atoms with Gasteiger partial charge in [0, 0.05) is 37.8 Å². The van der Waals surface area contributed by atoms with Crippen LogP contribution < -0.4 is 10.2 Å². The summed E-state index contributed by atoms with van der Waals surface area (Å²) in [5.74, 6) is 1.22. The average Bonchev–Trinajstić information content (AvgIpc) is 3.10. The molecule has 0 saturated carbocycles. The standard InChI is InChI=1S/C23H30N4O/c1-18-16-22-26(14-5-15-27(22)25-18)17-20-8-10-21(11-9-20)23(28)24-13-12-19-6-3-2-4-7-19/h6,8-11,16H,2-5,7,12-15,17H2,1H3,(H,24,28). The maximum atomic E-state index is 12.4. The number of fused-ring (bicyclic) bond motifs is 1. The Bertz CT molecular complexity index is 850. The first-order valence-electron chi connectivity index (χ1n) is 10.5. The van der Waals surface area contributed by atoms with Gasteiger partial charge < -0.3 is 10.2 Å². The second kappa shape index (κ2) is 8.63. The molecule has 1 N–H and O–H groups in total. The van der Waals surface area contributed by atoms with Crippen LogP contribution in [0.5, 0.6) is 0 Å². The Morgan fingerprint density at radius 2 is 2.00 bits per heavy atom. The van der Waals surface area contributed by atoms with Crippen molar-refractivity contribution in [2.45, 2.75) is 58.5 Å². The van der Waals surface area contributed by atoms with Gasteiger partial charge in [-0.1, -0.05) is 23.8 Å². The molecule has 1 aromatic carbocycles. The molecule has 2 heterocycles. The van der Waals surface area contributed by atoms with Crippen molar-refractivity contribution in [3.8, 4) is 0 Å². The minimum absolute atomic E-state index is 0.0228. The fraction of sp³-hybridized carbons (Fsp3) is 0.478. The van der Waals surface area contributed by atoms with Gasteiger partial charge in [-0.05, 0) is 63.1 Å². The number of carbonyl (C=O) groups excluding carboxylic acids is 1. The predicted octanol–water partition coefficient (Wildman–Crippen LogP) is 4.22. The summed E-state index contributed by atoms with van der Waals surface area (Å²) < 4.78 is 2.10. The molecule has 0 bridgehead atoms. The maximum absolute atomic E-state index is 12.4. The van der Waals surface area contributed by atoms with E-state index >= 15 is 0 Å². The molecule has 0 saturated heterocycles. The van der Waals surface area contributed by atoms with E-state index in [-0.39, 0.29) is 5.91 Å². The van der Waals surface area contributed by atoms with Gasteiger partial charge in [0.25, 0.3) is 5.91 Å². The number of hydrogen-bond donors (Lipinski definition) is 1. The molecule has 2 aromatic rings. The molecular weight excluding hydrogens is 348 g/mol. The zero-order valence-corrected chi connectivity index (χ0v) is 16.8. The highest BCUT2D eigenvalue weighted by molar-refractivity contribution is 5.94. The van der Waals surface area contributed by atoms with Crippen molar-refractivity contribution in [2.24, 2.45) is 0 Å². The maximum Gasteiger partial charge on any atom is 0.251 e. The number of aromatic nitrogens is 2. The summed E-state index contributed by atoms with van der Waals surface area (Å²) in [4.78, 5) is 14.8. The summed E-state index contributed by atoms with van der Waals surface area (Å²) in [6.45, 7) is 5.66. The monoisotopic (exact) mass is 378 g/mol. The third kappa shape index (κ3) is 4.46. The zero-order valence-electron chi connectivity index (χ0n) is 16.8. The lowest BCUT2D eigenvalue weighted by Crippen LogP contribution is -2.31. The van der Waals surface area contributed by atoms with E-state index in [2.05, 4.69) is 44.3 Å². The van der Waals surface area contributed by atoms with Gasteiger partial charge in [0.1, 0.15) is 5.82 Å². The number of nitrogens with one attached hydrogen (secondary N) is 1. The van der Waals surface area contributed by atoms with Crippen LogP contribution in [-0.2, 0) is 13.1 Å². The van der Waals surface area contributed by atoms with Crippen molar-refractivity contribution < 1.29 is 4.79 Å². The Balaban J connectivity index is 1.31. The molecule has 1 aliphatic carbocycles. The van der Waals surface area contributed by atoms with Crippen LogP contribution in [0.2, 0.25) is 0 Å². The molecule has 0 fully saturated rings. The van der Waals surface area contributed by atoms with Gasteiger partial charge in [0.15, 0.2) is 0 Å². The topological polar surface area (TPSA) is 50.2 Å². The fourth-order valence-electron chi connectivity index (χ4n) is 4.19. The number of rotatable bonds is 6. The highest BCUT2D eigenvalue weighted by Gasteiger charge is 2.18. The highest BCUT2D eigenvalue weighted by atomic mass is 16.1. The summed E-state index contributed by atoms with van der Waals surface area (Å²) in [6.07, 6.45) is 9.43. The molecule has 1 amide bonds. The molecule has 148 valence electrons. The first kappa shape index (κ1) is 18.8. The van der Waals surface area contributed by atoms with Crippen molar-refractivity contribution in [3.63, 3.8) is 0 Å². The van der Waals surface area contributed by atoms with Gasteiger partial charge in [-0.2, -0.15) is 5.10 Å². The molecule has 0 unspecified atom stereocenters. The molecule has 0 radical (unpaired) electrons. The van der Waals surface area contributed by atoms with Gasteiger partial charge >= 0.3 is 0 Å². The average molecular weight is 379 g/mol. The van der Waals surface area contributed by atoms with Crippen LogP contribution in [0, 0.1) is 6.92 Å². The van der Waals surface area contributed by atoms with E-state index in [1.54, 1.807) is 0 Å². The van der Waals surface area contributed by atoms with Crippen LogP contribution in [0.3, 0.4) is 0 Å². The lowest BCUT2D eigenvalue weighted by Gasteiger charge is -2.29. The lowest BCUT2D eigenvalue weighted by atomic mass is 9.97. The van der Waals surface area contributed by atoms with E-state index in [1.807, 2.05) is 19.1 Å². The fourth-order valence-corrected chi connectivity index (χ4v) is 4.19. The molecule has 0 spiro atoms. The van der Waals surface area contributed by atoms with Crippen LogP contribution in [-0.4, -0.2) is 28.8 Å². The van der Waals surface area contributed by atoms with Crippen LogP contribution in [0.4, 0.5) is 5.82 Å². The Morgan fingerprint density at radius 1 is 1.14 bits per heavy atom. The Kier molecular flexibility index (Phi) is 5.79. The lowest BCUT2D eigenvalue weighted by molar-refractivity contribution is 0.0954. The number of aryl methyl sites for hydroxylation is 2. The van der Waals surface area contributed by atoms with Crippen molar-refractivity contribution in [3.05, 3.63) is 58.8 Å². The highest BCUT2D eigenvalue weighted by Crippen LogP contribution is 2.23. The second-order valence-electron chi connectivity index (χ2n) is 7.95. The molecular formula is C23H30N4O. The molecule has 1 aromatic heterocycles. The zero-order chi connectivity index (χ0) is 19.3. The molecule has 4 rings (SSSR count). The van der Waals surface area contributed by atoms with Crippen LogP contribution in [0.1, 0.15) is 60.1 Å². The minimum atomic E-state index is 0.0228. The summed E-state index contributed by atoms with van der Waals surface area (Å²) in [5.41, 5.74) is 4.52. The van der Waals surface area contributed by atoms with Crippen LogP contribution in [0.15, 0.2) is 42.0 Å². The molecule has 5 nitrogen and oxygen atoms in total. The van der Waals surface area contributed by atoms with Crippen LogP contribution >= 0.6 is 0 Å². The van der Waals surface area contributed by atoms with Gasteiger partial charge in [-0.25, -0.2) is 4.68 Å². The van der Waals surface area contributed by atoms with Gasteiger partial charge in [0.2, 0.25) is 0 Å². The van der Waals surface area contributed by atoms with E-state index in [1.165, 1.54) is 42.6 Å². The number of nitrogens with zero attached hydrogens (tertiary/aromatic N) is 3. The molecule has 28 heavy (non-hydrogen) atoms. The summed E-state index contributed by atoms with van der Waals surface area (Å²) in [6, 6.07) is 10.2. The van der Waals surface area contributed by atoms with Gasteiger partial charge in [0.05, 0.1) is 5.69 Å². The van der Waals surface area contributed by atoms with E-state index in [0.29, 0.717) is 0 Å². The van der Waals surface area contributed by atoms with E-state index in [9.17, 15) is 4.79 Å². The number of allylic oxidation sites excluding steroid dienone is 1. The normalized spacial score (nSPS) is 16.5. The van der Waals surface area contributed by atoms with Crippen molar-refractivity contribution in [1.29, 1.82) is 0 Å². The SMILES string of the molecule is Cc1cc2n(n1)CCCN2Cc1ccc(C(=O)NCCC2=CCCCC2)cc1. The molecule has 2 aliphatic rings. The number of amides is 1. The first-order chi connectivity index (χ1) is 13.7. The quantitative estimate of drug-likeness (QED) is 0.766. The first-order valence-corrected chi connectivity index (χ1v) is 10.5. The second-order valence-corrected chi connectivity index (χ2v) is 7.95. The van der Waals surface area contributed by atoms with Gasteiger partial charge in [-0.3, -0.25) is 4.79 Å². The summed E-state index contributed by atoms with van der Waals surface area (Å²) in [7, 11) is 0. The summed E-state index contributed by atoms with van der Waals surface area (Å²) in [5, 5.41) is 7.62. The predicted molar refractivity (Wildman–Crippen MR) is 113 cm³/mol. The Hall–Kier alpha value is -2.56. The molecule has 5 heteroatoms. The van der Waals surface area contributed by atoms with Crippen molar-refractivity contribution in [2.75, 3.05) is 18.0 Å². The Morgan fingerprint density at radius 3 is 2.79 bits per heavy atom. The minimum Gasteiger partial charge on any atom is -0.352 e. The molecule has 1 aliphatic heterocycles. The molecule has 0 atom stereocenters. The third-order valence-electron chi connectivity index (χ3n) is 5.71. The largest absolute Gasteiger partial charge is 0.352 e. The van der Waals surface area contributed by atoms with E-state index < -0.39 is 0 Å². The number of carbonyl (C=O) groups is 1. The third-order valence-corrected chi connectivity index (χ3v) is 5.71. The van der Waals surface area contributed by atoms with Gasteiger partial charge in [-0.15, -0.1) is 0 Å².